The van der Waals surface area contributed by atoms with Crippen molar-refractivity contribution in [2.75, 3.05) is 13.2 Å². The number of hydrogen-bond acceptors (Lipinski definition) is 18. The molecule has 0 spiro atoms. The third kappa shape index (κ3) is 12.8. The van der Waals surface area contributed by atoms with E-state index in [0.717, 1.165) is 0 Å². The van der Waals surface area contributed by atoms with Crippen molar-refractivity contribution in [2.24, 2.45) is 0 Å². The van der Waals surface area contributed by atoms with E-state index in [4.69, 9.17) is 42.6 Å². The van der Waals surface area contributed by atoms with E-state index in [-0.39, 0.29) is 38.9 Å². The second kappa shape index (κ2) is 25.3. The van der Waals surface area contributed by atoms with E-state index in [2.05, 4.69) is 0 Å². The van der Waals surface area contributed by atoms with Gasteiger partial charge in [0.15, 0.2) is 37.0 Å². The van der Waals surface area contributed by atoms with Gasteiger partial charge in [0.05, 0.1) is 33.4 Å². The minimum Gasteiger partial charge on any atom is -0.459 e. The Morgan fingerprint density at radius 2 is 0.671 bits per heavy atom. The summed E-state index contributed by atoms with van der Waals surface area (Å²) >= 11 is 0. The molecule has 7 aromatic rings. The third-order valence-electron chi connectivity index (χ3n) is 12.8. The van der Waals surface area contributed by atoms with Crippen molar-refractivity contribution >= 4 is 41.6 Å². The zero-order valence-electron chi connectivity index (χ0n) is 41.7. The van der Waals surface area contributed by atoms with Gasteiger partial charge >= 0.3 is 35.8 Å². The standard InChI is InChI=1S/C61H50O18/c62-51(38-22-8-1-9-23-38)61(70)52(79-58(68)44-34-20-7-21-35-44)48(46(74-60(61)69)37-72-54(64)40-26-12-3-13-27-40)78-59-50(77-57(67)43-32-18-6-19-33-43)49(76-56(66)42-30-16-5-17-31-42)47(75-55(65)41-28-14-4-15-29-41)45(73-59)36-71-53(63)39-24-10-2-11-25-39/h1-35,45-50,52,59-60,69-70H,36-37H2/t45-,46-,47-,48-,49+,50-,52+,59+,60?,61-/m1/s1. The molecule has 0 bridgehead atoms. The first-order valence-electron chi connectivity index (χ1n) is 24.8. The summed E-state index contributed by atoms with van der Waals surface area (Å²) in [7, 11) is 0. The van der Waals surface area contributed by atoms with Crippen molar-refractivity contribution in [3.05, 3.63) is 251 Å². The Kier molecular flexibility index (Phi) is 17.5. The SMILES string of the molecule is O=C(OC[C@H]1OC(O)[C@@](O)(C(=O)c2ccccc2)[C@@H](OC(=O)c2ccccc2)[C@@H]1O[C@@H]1O[C@H](COC(=O)c2ccccc2)[C@@H](OC(=O)c2ccccc2)[C@H](OC(=O)c2ccccc2)[C@H]1OC(=O)c1ccccc1)c1ccccc1. The Bertz CT molecular complexity index is 3210. The molecule has 18 heteroatoms. The molecular formula is C61H50O18. The van der Waals surface area contributed by atoms with Crippen LogP contribution >= 0.6 is 0 Å². The van der Waals surface area contributed by atoms with Crippen molar-refractivity contribution in [3.8, 4) is 0 Å². The molecule has 402 valence electrons. The normalized spacial score (nSPS) is 23.4. The quantitative estimate of drug-likeness (QED) is 0.0497. The average Bonchev–Trinajstić information content (AvgIpc) is 3.69. The maximum Gasteiger partial charge on any atom is 0.338 e. The number of benzene rings is 7. The highest BCUT2D eigenvalue weighted by Gasteiger charge is 2.64. The topological polar surface area (TPSA) is 243 Å². The number of hydrogen-bond donors (Lipinski definition) is 2. The molecule has 7 aromatic carbocycles. The molecule has 0 aromatic heterocycles. The zero-order chi connectivity index (χ0) is 55.3. The summed E-state index contributed by atoms with van der Waals surface area (Å²) in [5.41, 5.74) is -3.44. The van der Waals surface area contributed by atoms with Crippen molar-refractivity contribution in [1.29, 1.82) is 0 Å². The van der Waals surface area contributed by atoms with Gasteiger partial charge in [0.1, 0.15) is 31.5 Å². The largest absolute Gasteiger partial charge is 0.459 e. The molecule has 0 saturated carbocycles. The van der Waals surface area contributed by atoms with Gasteiger partial charge in [-0.2, -0.15) is 0 Å². The van der Waals surface area contributed by atoms with Gasteiger partial charge in [-0.25, -0.2) is 28.8 Å². The van der Waals surface area contributed by atoms with Crippen LogP contribution in [-0.2, 0) is 42.6 Å². The molecule has 0 aliphatic carbocycles. The molecule has 2 fully saturated rings. The van der Waals surface area contributed by atoms with Crippen molar-refractivity contribution < 1.29 is 86.4 Å². The maximum atomic E-state index is 14.8. The molecule has 1 unspecified atom stereocenters. The van der Waals surface area contributed by atoms with Crippen molar-refractivity contribution in [3.63, 3.8) is 0 Å². The molecule has 2 heterocycles. The molecule has 2 N–H and O–H groups in total. The smallest absolute Gasteiger partial charge is 0.338 e. The van der Waals surface area contributed by atoms with E-state index < -0.39 is 116 Å². The van der Waals surface area contributed by atoms with Crippen LogP contribution in [0.15, 0.2) is 212 Å². The lowest BCUT2D eigenvalue weighted by Gasteiger charge is -2.50. The number of Topliss-reactive ketones (excluding diaryl/α,β-unsaturated/α-hetero) is 1. The molecule has 2 aliphatic rings. The number of ether oxygens (including phenoxy) is 9. The lowest BCUT2D eigenvalue weighted by molar-refractivity contribution is -0.362. The first kappa shape index (κ1) is 54.6. The molecule has 9 rings (SSSR count). The van der Waals surface area contributed by atoms with Crippen LogP contribution in [0.1, 0.15) is 72.5 Å². The Morgan fingerprint density at radius 3 is 1.05 bits per heavy atom. The molecular weight excluding hydrogens is 1020 g/mol. The number of carbonyl (C=O) groups is 7. The summed E-state index contributed by atoms with van der Waals surface area (Å²) < 4.78 is 55.7. The Morgan fingerprint density at radius 1 is 0.367 bits per heavy atom. The minimum atomic E-state index is -3.28. The Balaban J connectivity index is 1.21. The lowest BCUT2D eigenvalue weighted by atomic mass is 9.80. The van der Waals surface area contributed by atoms with E-state index in [0.29, 0.717) is 0 Å². The van der Waals surface area contributed by atoms with Crippen LogP contribution in [0, 0.1) is 0 Å². The molecule has 2 aliphatic heterocycles. The van der Waals surface area contributed by atoms with E-state index in [9.17, 15) is 43.8 Å². The second-order valence-electron chi connectivity index (χ2n) is 18.0. The van der Waals surface area contributed by atoms with Crippen LogP contribution in [0.3, 0.4) is 0 Å². The lowest BCUT2D eigenvalue weighted by Crippen LogP contribution is -2.73. The highest BCUT2D eigenvalue weighted by atomic mass is 16.8. The predicted octanol–water partition coefficient (Wildman–Crippen LogP) is 7.04. The van der Waals surface area contributed by atoms with Gasteiger partial charge in [-0.3, -0.25) is 4.79 Å². The number of ketones is 1. The fourth-order valence-electron chi connectivity index (χ4n) is 8.81. The summed E-state index contributed by atoms with van der Waals surface area (Å²) in [4.78, 5) is 99.6. The predicted molar refractivity (Wildman–Crippen MR) is 276 cm³/mol. The first-order chi connectivity index (χ1) is 38.4. The van der Waals surface area contributed by atoms with E-state index >= 15 is 0 Å². The molecule has 10 atom stereocenters. The highest BCUT2D eigenvalue weighted by Crippen LogP contribution is 2.40. The van der Waals surface area contributed by atoms with Crippen LogP contribution in [0.5, 0.6) is 0 Å². The van der Waals surface area contributed by atoms with Gasteiger partial charge < -0.3 is 52.8 Å². The zero-order valence-corrected chi connectivity index (χ0v) is 41.7. The summed E-state index contributed by atoms with van der Waals surface area (Å²) in [6.07, 6.45) is -18.7. The third-order valence-corrected chi connectivity index (χ3v) is 12.8. The minimum absolute atomic E-state index is 0.0168. The number of esters is 6. The second-order valence-corrected chi connectivity index (χ2v) is 18.0. The van der Waals surface area contributed by atoms with Crippen molar-refractivity contribution in [1.82, 2.24) is 0 Å². The number of carbonyl (C=O) groups excluding carboxylic acids is 7. The van der Waals surface area contributed by atoms with E-state index in [1.54, 1.807) is 103 Å². The summed E-state index contributed by atoms with van der Waals surface area (Å²) in [6.45, 7) is -1.65. The van der Waals surface area contributed by atoms with Crippen LogP contribution < -0.4 is 0 Å². The van der Waals surface area contributed by atoms with Gasteiger partial charge in [-0.1, -0.05) is 140 Å². The summed E-state index contributed by atoms with van der Waals surface area (Å²) in [5, 5.41) is 24.9. The maximum absolute atomic E-state index is 14.8. The van der Waals surface area contributed by atoms with E-state index in [1.165, 1.54) is 109 Å². The van der Waals surface area contributed by atoms with Gasteiger partial charge in [0, 0.05) is 5.56 Å². The number of aliphatic hydroxyl groups is 2. The van der Waals surface area contributed by atoms with Gasteiger partial charge in [0.2, 0.25) is 11.4 Å². The average molecular weight is 1070 g/mol. The molecule has 18 nitrogen and oxygen atoms in total. The molecule has 79 heavy (non-hydrogen) atoms. The Labute approximate surface area is 451 Å². The monoisotopic (exact) mass is 1070 g/mol. The summed E-state index contributed by atoms with van der Waals surface area (Å²) in [5.74, 6) is -7.28. The van der Waals surface area contributed by atoms with Crippen LogP contribution in [-0.4, -0.2) is 126 Å². The molecule has 0 radical (unpaired) electrons. The summed E-state index contributed by atoms with van der Waals surface area (Å²) in [6, 6.07) is 52.9. The Hall–Kier alpha value is -9.17. The van der Waals surface area contributed by atoms with Gasteiger partial charge in [0.25, 0.3) is 0 Å². The fourth-order valence-corrected chi connectivity index (χ4v) is 8.81. The van der Waals surface area contributed by atoms with Crippen LogP contribution in [0.4, 0.5) is 0 Å². The number of rotatable bonds is 18. The molecule has 0 amide bonds. The first-order valence-corrected chi connectivity index (χ1v) is 24.8. The number of aliphatic hydroxyl groups excluding tert-OH is 1. The van der Waals surface area contributed by atoms with E-state index in [1.807, 2.05) is 0 Å². The van der Waals surface area contributed by atoms with Crippen LogP contribution in [0.25, 0.3) is 0 Å². The van der Waals surface area contributed by atoms with Crippen LogP contribution in [0.2, 0.25) is 0 Å². The van der Waals surface area contributed by atoms with Gasteiger partial charge in [-0.05, 0) is 72.8 Å². The fraction of sp³-hybridized carbons (Fsp3) is 0.197. The molecule has 2 saturated heterocycles. The van der Waals surface area contributed by atoms with Gasteiger partial charge in [-0.15, -0.1) is 0 Å². The highest BCUT2D eigenvalue weighted by molar-refractivity contribution is 6.04. The van der Waals surface area contributed by atoms with Crippen molar-refractivity contribution in [2.45, 2.75) is 60.9 Å².